The van der Waals surface area contributed by atoms with Crippen molar-refractivity contribution < 1.29 is 18.0 Å². The maximum absolute atomic E-state index is 12.4. The quantitative estimate of drug-likeness (QED) is 0.607. The van der Waals surface area contributed by atoms with E-state index in [9.17, 15) is 18.0 Å². The van der Waals surface area contributed by atoms with Gasteiger partial charge in [-0.1, -0.05) is 54.3 Å². The highest BCUT2D eigenvalue weighted by Gasteiger charge is 2.38. The van der Waals surface area contributed by atoms with Crippen LogP contribution in [0, 0.1) is 11.8 Å². The van der Waals surface area contributed by atoms with Gasteiger partial charge in [-0.2, -0.15) is 13.2 Å². The van der Waals surface area contributed by atoms with E-state index in [1.807, 2.05) is 47.8 Å². The van der Waals surface area contributed by atoms with Crippen molar-refractivity contribution in [2.45, 2.75) is 6.18 Å². The van der Waals surface area contributed by atoms with Gasteiger partial charge in [0.1, 0.15) is 0 Å². The molecule has 3 rings (SSSR count). The largest absolute Gasteiger partial charge is 0.471 e. The number of carbonyl (C=O) groups excluding carboxylic acids is 1. The van der Waals surface area contributed by atoms with Crippen LogP contribution in [0.2, 0.25) is 0 Å². The molecule has 26 heavy (non-hydrogen) atoms. The normalized spacial score (nSPS) is 10.7. The van der Waals surface area contributed by atoms with E-state index in [0.29, 0.717) is 5.56 Å². The van der Waals surface area contributed by atoms with Gasteiger partial charge in [0.05, 0.1) is 10.6 Å². The molecule has 0 fully saturated rings. The Bertz CT molecular complexity index is 981. The van der Waals surface area contributed by atoms with Crippen LogP contribution in [0.3, 0.4) is 0 Å². The van der Waals surface area contributed by atoms with E-state index >= 15 is 0 Å². The molecule has 1 aromatic heterocycles. The van der Waals surface area contributed by atoms with Crippen LogP contribution in [0.4, 0.5) is 18.9 Å². The summed E-state index contributed by atoms with van der Waals surface area (Å²) in [4.78, 5) is 13.0. The summed E-state index contributed by atoms with van der Waals surface area (Å²) in [7, 11) is 0. The lowest BCUT2D eigenvalue weighted by atomic mass is 10.1. The molecule has 0 saturated heterocycles. The van der Waals surface area contributed by atoms with Crippen LogP contribution >= 0.6 is 11.3 Å². The van der Waals surface area contributed by atoms with Gasteiger partial charge in [0, 0.05) is 10.4 Å². The van der Waals surface area contributed by atoms with Gasteiger partial charge in [0.15, 0.2) is 0 Å². The molecule has 0 bridgehead atoms. The number of thiophene rings is 1. The Morgan fingerprint density at radius 1 is 0.885 bits per heavy atom. The van der Waals surface area contributed by atoms with E-state index in [4.69, 9.17) is 0 Å². The van der Waals surface area contributed by atoms with Crippen LogP contribution < -0.4 is 5.32 Å². The van der Waals surface area contributed by atoms with Crippen LogP contribution in [0.25, 0.3) is 10.4 Å². The molecule has 6 heteroatoms. The number of hydrogen-bond acceptors (Lipinski definition) is 2. The Hall–Kier alpha value is -3.04. The monoisotopic (exact) mass is 371 g/mol. The average molecular weight is 371 g/mol. The first-order chi connectivity index (χ1) is 12.4. The van der Waals surface area contributed by atoms with Crippen LogP contribution in [0.1, 0.15) is 10.4 Å². The Morgan fingerprint density at radius 3 is 2.31 bits per heavy atom. The molecular weight excluding hydrogens is 359 g/mol. The molecule has 1 heterocycles. The summed E-state index contributed by atoms with van der Waals surface area (Å²) in [5, 5.41) is 1.85. The van der Waals surface area contributed by atoms with Crippen molar-refractivity contribution in [2.24, 2.45) is 0 Å². The van der Waals surface area contributed by atoms with Gasteiger partial charge in [-0.05, 0) is 29.8 Å². The summed E-state index contributed by atoms with van der Waals surface area (Å²) in [5.74, 6) is 3.75. The summed E-state index contributed by atoms with van der Waals surface area (Å²) in [6.07, 6.45) is -4.95. The van der Waals surface area contributed by atoms with Crippen molar-refractivity contribution in [3.8, 4) is 22.3 Å². The van der Waals surface area contributed by atoms with Gasteiger partial charge in [0.25, 0.3) is 0 Å². The zero-order chi connectivity index (χ0) is 18.6. The Balaban J connectivity index is 1.83. The highest BCUT2D eigenvalue weighted by Crippen LogP contribution is 2.27. The highest BCUT2D eigenvalue weighted by atomic mass is 32.1. The lowest BCUT2D eigenvalue weighted by molar-refractivity contribution is -0.167. The predicted molar refractivity (Wildman–Crippen MR) is 96.9 cm³/mol. The second-order valence-electron chi connectivity index (χ2n) is 5.28. The number of nitrogens with one attached hydrogen (secondary N) is 1. The number of anilines is 1. The van der Waals surface area contributed by atoms with Crippen LogP contribution in [-0.4, -0.2) is 12.1 Å². The molecule has 130 valence electrons. The maximum atomic E-state index is 12.4. The fourth-order valence-corrected chi connectivity index (χ4v) is 3.05. The van der Waals surface area contributed by atoms with Crippen LogP contribution in [0.15, 0.2) is 66.7 Å². The molecule has 2 nitrogen and oxygen atoms in total. The van der Waals surface area contributed by atoms with E-state index in [-0.39, 0.29) is 5.69 Å². The van der Waals surface area contributed by atoms with E-state index in [1.165, 1.54) is 23.5 Å². The predicted octanol–water partition coefficient (Wildman–Crippen LogP) is 5.32. The van der Waals surface area contributed by atoms with Crippen molar-refractivity contribution in [1.29, 1.82) is 0 Å². The Labute approximate surface area is 152 Å². The molecule has 0 saturated carbocycles. The van der Waals surface area contributed by atoms with Crippen molar-refractivity contribution in [2.75, 3.05) is 5.32 Å². The molecule has 0 aliphatic heterocycles. The SMILES string of the molecule is O=C(Nc1ccccc1C#Cc1ccc(-c2ccccc2)s1)C(F)(F)F. The van der Waals surface area contributed by atoms with Gasteiger partial charge in [-0.25, -0.2) is 0 Å². The summed E-state index contributed by atoms with van der Waals surface area (Å²) < 4.78 is 37.3. The Kier molecular flexibility index (Phi) is 5.10. The number of para-hydroxylation sites is 1. The first kappa shape index (κ1) is 17.8. The third-order valence-corrected chi connectivity index (χ3v) is 4.47. The van der Waals surface area contributed by atoms with Gasteiger partial charge in [-0.15, -0.1) is 11.3 Å². The number of rotatable bonds is 2. The van der Waals surface area contributed by atoms with Gasteiger partial charge in [-0.3, -0.25) is 4.79 Å². The standard InChI is InChI=1S/C20H12F3NOS/c21-20(22,23)19(25)24-17-9-5-4-6-14(17)10-11-16-12-13-18(26-16)15-7-2-1-3-8-15/h1-9,12-13H,(H,24,25). The molecule has 1 N–H and O–H groups in total. The Morgan fingerprint density at radius 2 is 1.58 bits per heavy atom. The molecule has 0 unspecified atom stereocenters. The second-order valence-corrected chi connectivity index (χ2v) is 6.36. The van der Waals surface area contributed by atoms with E-state index in [0.717, 1.165) is 15.3 Å². The highest BCUT2D eigenvalue weighted by molar-refractivity contribution is 7.16. The summed E-state index contributed by atoms with van der Waals surface area (Å²) >= 11 is 1.49. The minimum Gasteiger partial charge on any atom is -0.317 e. The second kappa shape index (κ2) is 7.46. The smallest absolute Gasteiger partial charge is 0.317 e. The van der Waals surface area contributed by atoms with E-state index < -0.39 is 12.1 Å². The fraction of sp³-hybridized carbons (Fsp3) is 0.0500. The molecule has 0 aliphatic rings. The molecule has 0 spiro atoms. The van der Waals surface area contributed by atoms with Crippen molar-refractivity contribution in [3.63, 3.8) is 0 Å². The van der Waals surface area contributed by atoms with Crippen molar-refractivity contribution in [1.82, 2.24) is 0 Å². The average Bonchev–Trinajstić information content (AvgIpc) is 3.10. The summed E-state index contributed by atoms with van der Waals surface area (Å²) in [6.45, 7) is 0. The molecule has 0 aliphatic carbocycles. The minimum absolute atomic E-state index is 0.0298. The van der Waals surface area contributed by atoms with Crippen molar-refractivity contribution in [3.05, 3.63) is 77.2 Å². The molecule has 3 aromatic rings. The number of alkyl halides is 3. The third kappa shape index (κ3) is 4.32. The third-order valence-electron chi connectivity index (χ3n) is 3.42. The molecular formula is C20H12F3NOS. The van der Waals surface area contributed by atoms with Crippen molar-refractivity contribution >= 4 is 22.9 Å². The van der Waals surface area contributed by atoms with Gasteiger partial charge in [0.2, 0.25) is 0 Å². The number of carbonyl (C=O) groups is 1. The lowest BCUT2D eigenvalue weighted by Crippen LogP contribution is -2.30. The topological polar surface area (TPSA) is 29.1 Å². The minimum atomic E-state index is -4.95. The first-order valence-electron chi connectivity index (χ1n) is 7.58. The lowest BCUT2D eigenvalue weighted by Gasteiger charge is -2.09. The van der Waals surface area contributed by atoms with Crippen LogP contribution in [-0.2, 0) is 4.79 Å². The van der Waals surface area contributed by atoms with Gasteiger partial charge < -0.3 is 5.32 Å². The number of hydrogen-bond donors (Lipinski definition) is 1. The number of halogens is 3. The zero-order valence-corrected chi connectivity index (χ0v) is 14.1. The molecule has 1 amide bonds. The van der Waals surface area contributed by atoms with Gasteiger partial charge >= 0.3 is 12.1 Å². The first-order valence-corrected chi connectivity index (χ1v) is 8.39. The van der Waals surface area contributed by atoms with E-state index in [1.54, 1.807) is 12.1 Å². The molecule has 2 aromatic carbocycles. The summed E-state index contributed by atoms with van der Waals surface area (Å²) in [6, 6.07) is 19.7. The zero-order valence-electron chi connectivity index (χ0n) is 13.3. The van der Waals surface area contributed by atoms with Crippen LogP contribution in [0.5, 0.6) is 0 Å². The maximum Gasteiger partial charge on any atom is 0.471 e. The van der Waals surface area contributed by atoms with E-state index in [2.05, 4.69) is 11.8 Å². The fourth-order valence-electron chi connectivity index (χ4n) is 2.19. The molecule has 0 atom stereocenters. The number of benzene rings is 2. The molecule has 0 radical (unpaired) electrons. The number of amides is 1. The summed E-state index contributed by atoms with van der Waals surface area (Å²) in [5.41, 5.74) is 1.42.